The monoisotopic (exact) mass is 243 g/mol. The Morgan fingerprint density at radius 2 is 2.00 bits per heavy atom. The minimum atomic E-state index is 0.554. The average Bonchev–Trinajstić information content (AvgIpc) is 2.77. The van der Waals surface area contributed by atoms with Crippen molar-refractivity contribution in [2.24, 2.45) is 13.0 Å². The van der Waals surface area contributed by atoms with E-state index in [1.165, 1.54) is 29.4 Å². The Morgan fingerprint density at radius 1 is 1.28 bits per heavy atom. The summed E-state index contributed by atoms with van der Waals surface area (Å²) in [4.78, 5) is 0. The van der Waals surface area contributed by atoms with Gasteiger partial charge in [0.05, 0.1) is 11.2 Å². The third-order valence-electron chi connectivity index (χ3n) is 4.31. The number of nitrogens with zero attached hydrogens (tertiary/aromatic N) is 2. The normalized spacial score (nSPS) is 19.2. The van der Waals surface area contributed by atoms with Crippen molar-refractivity contribution in [2.45, 2.75) is 25.7 Å². The number of hydrogen-bond acceptors (Lipinski definition) is 2. The van der Waals surface area contributed by atoms with Crippen molar-refractivity contribution < 1.29 is 0 Å². The van der Waals surface area contributed by atoms with Gasteiger partial charge in [0, 0.05) is 18.4 Å². The van der Waals surface area contributed by atoms with E-state index in [1.807, 2.05) is 11.7 Å². The van der Waals surface area contributed by atoms with Crippen molar-refractivity contribution in [1.82, 2.24) is 15.1 Å². The van der Waals surface area contributed by atoms with Crippen LogP contribution in [0.3, 0.4) is 0 Å². The van der Waals surface area contributed by atoms with Crippen LogP contribution in [0.4, 0.5) is 0 Å². The number of aryl methyl sites for hydroxylation is 1. The van der Waals surface area contributed by atoms with Crippen LogP contribution in [0, 0.1) is 5.92 Å². The van der Waals surface area contributed by atoms with E-state index in [2.05, 4.69) is 36.5 Å². The van der Waals surface area contributed by atoms with Crippen molar-refractivity contribution in [3.05, 3.63) is 30.0 Å². The summed E-state index contributed by atoms with van der Waals surface area (Å²) in [6, 6.07) is 8.56. The Kier molecular flexibility index (Phi) is 3.08. The maximum atomic E-state index is 4.76. The number of piperidine rings is 1. The number of benzene rings is 1. The first-order valence-electron chi connectivity index (χ1n) is 6.89. The van der Waals surface area contributed by atoms with E-state index in [1.54, 1.807) is 0 Å². The second-order valence-electron chi connectivity index (χ2n) is 5.40. The summed E-state index contributed by atoms with van der Waals surface area (Å²) >= 11 is 0. The molecule has 1 aromatic carbocycles. The highest BCUT2D eigenvalue weighted by Gasteiger charge is 2.24. The predicted octanol–water partition coefficient (Wildman–Crippen LogP) is 2.68. The summed E-state index contributed by atoms with van der Waals surface area (Å²) in [7, 11) is 2.04. The second kappa shape index (κ2) is 4.73. The van der Waals surface area contributed by atoms with E-state index in [4.69, 9.17) is 5.10 Å². The molecule has 0 aliphatic carbocycles. The summed E-state index contributed by atoms with van der Waals surface area (Å²) < 4.78 is 2.02. The van der Waals surface area contributed by atoms with Gasteiger partial charge < -0.3 is 5.32 Å². The lowest BCUT2D eigenvalue weighted by molar-refractivity contribution is 0.327. The van der Waals surface area contributed by atoms with Crippen LogP contribution < -0.4 is 5.32 Å². The SMILES string of the molecule is CC(c1nn(C)c2ccccc12)C1CCNCC1. The minimum Gasteiger partial charge on any atom is -0.317 e. The van der Waals surface area contributed by atoms with Gasteiger partial charge in [-0.1, -0.05) is 25.1 Å². The van der Waals surface area contributed by atoms with Crippen LogP contribution in [0.25, 0.3) is 10.9 Å². The lowest BCUT2D eigenvalue weighted by Crippen LogP contribution is -2.30. The third-order valence-corrected chi connectivity index (χ3v) is 4.31. The van der Waals surface area contributed by atoms with Crippen LogP contribution in [0.2, 0.25) is 0 Å². The molecule has 0 amide bonds. The molecule has 1 aliphatic heterocycles. The van der Waals surface area contributed by atoms with Crippen LogP contribution in [0.5, 0.6) is 0 Å². The molecule has 1 unspecified atom stereocenters. The summed E-state index contributed by atoms with van der Waals surface area (Å²) in [5.41, 5.74) is 2.52. The fraction of sp³-hybridized carbons (Fsp3) is 0.533. The maximum Gasteiger partial charge on any atom is 0.0734 e. The van der Waals surface area contributed by atoms with Crippen LogP contribution in [-0.2, 0) is 7.05 Å². The molecule has 96 valence electrons. The quantitative estimate of drug-likeness (QED) is 0.879. The highest BCUT2D eigenvalue weighted by Crippen LogP contribution is 2.33. The van der Waals surface area contributed by atoms with Crippen molar-refractivity contribution in [1.29, 1.82) is 0 Å². The van der Waals surface area contributed by atoms with Crippen LogP contribution in [0.15, 0.2) is 24.3 Å². The predicted molar refractivity (Wildman–Crippen MR) is 74.7 cm³/mol. The smallest absolute Gasteiger partial charge is 0.0734 e. The molecule has 1 saturated heterocycles. The lowest BCUT2D eigenvalue weighted by Gasteiger charge is -2.27. The molecule has 2 aromatic rings. The van der Waals surface area contributed by atoms with Gasteiger partial charge in [-0.2, -0.15) is 5.10 Å². The minimum absolute atomic E-state index is 0.554. The molecule has 1 aromatic heterocycles. The number of nitrogens with one attached hydrogen (secondary N) is 1. The third kappa shape index (κ3) is 1.93. The van der Waals surface area contributed by atoms with Gasteiger partial charge >= 0.3 is 0 Å². The molecule has 1 aliphatic rings. The Balaban J connectivity index is 1.98. The summed E-state index contributed by atoms with van der Waals surface area (Å²) in [5, 5.41) is 9.52. The first-order chi connectivity index (χ1) is 8.77. The van der Waals surface area contributed by atoms with Gasteiger partial charge in [0.25, 0.3) is 0 Å². The fourth-order valence-electron chi connectivity index (χ4n) is 3.15. The molecular weight excluding hydrogens is 222 g/mol. The highest BCUT2D eigenvalue weighted by molar-refractivity contribution is 5.82. The van der Waals surface area contributed by atoms with E-state index in [0.717, 1.165) is 19.0 Å². The van der Waals surface area contributed by atoms with Gasteiger partial charge in [-0.25, -0.2) is 0 Å². The van der Waals surface area contributed by atoms with E-state index >= 15 is 0 Å². The van der Waals surface area contributed by atoms with E-state index in [0.29, 0.717) is 5.92 Å². The Hall–Kier alpha value is -1.35. The molecule has 0 bridgehead atoms. The molecule has 0 spiro atoms. The Bertz CT molecular complexity index is 538. The summed E-state index contributed by atoms with van der Waals surface area (Å²) in [5.74, 6) is 1.32. The zero-order chi connectivity index (χ0) is 12.5. The van der Waals surface area contributed by atoms with Crippen molar-refractivity contribution in [2.75, 3.05) is 13.1 Å². The first-order valence-corrected chi connectivity index (χ1v) is 6.89. The zero-order valence-electron chi connectivity index (χ0n) is 11.2. The lowest BCUT2D eigenvalue weighted by atomic mass is 9.83. The van der Waals surface area contributed by atoms with Gasteiger partial charge in [0.2, 0.25) is 0 Å². The van der Waals surface area contributed by atoms with E-state index < -0.39 is 0 Å². The highest BCUT2D eigenvalue weighted by atomic mass is 15.3. The van der Waals surface area contributed by atoms with Crippen molar-refractivity contribution in [3.8, 4) is 0 Å². The van der Waals surface area contributed by atoms with Gasteiger partial charge in [-0.15, -0.1) is 0 Å². The standard InChI is InChI=1S/C15H21N3/c1-11(12-7-9-16-10-8-12)15-13-5-3-4-6-14(13)18(2)17-15/h3-6,11-12,16H,7-10H2,1-2H3. The second-order valence-corrected chi connectivity index (χ2v) is 5.40. The molecule has 1 atom stereocenters. The largest absolute Gasteiger partial charge is 0.317 e. The summed E-state index contributed by atoms with van der Waals surface area (Å²) in [6.45, 7) is 4.64. The number of para-hydroxylation sites is 1. The van der Waals surface area contributed by atoms with Gasteiger partial charge in [-0.3, -0.25) is 4.68 Å². The molecule has 3 nitrogen and oxygen atoms in total. The van der Waals surface area contributed by atoms with Gasteiger partial charge in [-0.05, 0) is 37.9 Å². The number of rotatable bonds is 2. The molecule has 3 rings (SSSR count). The van der Waals surface area contributed by atoms with Gasteiger partial charge in [0.1, 0.15) is 0 Å². The molecule has 3 heteroatoms. The molecule has 1 N–H and O–H groups in total. The van der Waals surface area contributed by atoms with Crippen molar-refractivity contribution >= 4 is 10.9 Å². The van der Waals surface area contributed by atoms with E-state index in [-0.39, 0.29) is 0 Å². The Labute approximate surface area is 108 Å². The first kappa shape index (κ1) is 11.7. The van der Waals surface area contributed by atoms with Crippen molar-refractivity contribution in [3.63, 3.8) is 0 Å². The fourth-order valence-corrected chi connectivity index (χ4v) is 3.15. The summed E-state index contributed by atoms with van der Waals surface area (Å²) in [6.07, 6.45) is 2.54. The number of aromatic nitrogens is 2. The van der Waals surface area contributed by atoms with E-state index in [9.17, 15) is 0 Å². The molecular formula is C15H21N3. The Morgan fingerprint density at radius 3 is 2.78 bits per heavy atom. The van der Waals surface area contributed by atoms with Crippen LogP contribution >= 0.6 is 0 Å². The molecule has 0 saturated carbocycles. The maximum absolute atomic E-state index is 4.76. The molecule has 18 heavy (non-hydrogen) atoms. The topological polar surface area (TPSA) is 29.9 Å². The molecule has 1 fully saturated rings. The van der Waals surface area contributed by atoms with Crippen LogP contribution in [0.1, 0.15) is 31.4 Å². The number of fused-ring (bicyclic) bond motifs is 1. The molecule has 2 heterocycles. The molecule has 0 radical (unpaired) electrons. The zero-order valence-corrected chi connectivity index (χ0v) is 11.2. The number of hydrogen-bond donors (Lipinski definition) is 1. The van der Waals surface area contributed by atoms with Crippen LogP contribution in [-0.4, -0.2) is 22.9 Å². The van der Waals surface area contributed by atoms with Gasteiger partial charge in [0.15, 0.2) is 0 Å². The average molecular weight is 243 g/mol.